The summed E-state index contributed by atoms with van der Waals surface area (Å²) in [4.78, 5) is 10.4. The van der Waals surface area contributed by atoms with Gasteiger partial charge in [0.1, 0.15) is 5.75 Å². The van der Waals surface area contributed by atoms with Crippen LogP contribution in [0.5, 0.6) is 5.75 Å². The molecule has 0 fully saturated rings. The van der Waals surface area contributed by atoms with E-state index in [1.165, 1.54) is 0 Å². The molecule has 1 aliphatic rings. The van der Waals surface area contributed by atoms with Crippen LogP contribution in [0.2, 0.25) is 0 Å². The smallest absolute Gasteiger partial charge is 0.482 e. The van der Waals surface area contributed by atoms with Gasteiger partial charge in [0.2, 0.25) is 0 Å². The minimum Gasteiger partial charge on any atom is -0.482 e. The van der Waals surface area contributed by atoms with Crippen LogP contribution >= 0.6 is 0 Å². The molecule has 1 aliphatic heterocycles. The summed E-state index contributed by atoms with van der Waals surface area (Å²) in [5.74, 6) is 0.851. The fourth-order valence-electron chi connectivity index (χ4n) is 1.28. The van der Waals surface area contributed by atoms with Crippen molar-refractivity contribution in [3.63, 3.8) is 0 Å². The number of para-hydroxylation sites is 1. The van der Waals surface area contributed by atoms with Crippen LogP contribution in [0.15, 0.2) is 24.3 Å². The molecule has 1 heterocycles. The molecule has 11 heavy (non-hydrogen) atoms. The highest BCUT2D eigenvalue weighted by molar-refractivity contribution is 5.60. The van der Waals surface area contributed by atoms with Gasteiger partial charge in [-0.25, -0.2) is 0 Å². The van der Waals surface area contributed by atoms with Gasteiger partial charge in [-0.15, -0.1) is 0 Å². The van der Waals surface area contributed by atoms with Gasteiger partial charge in [0.05, 0.1) is 0 Å². The number of benzene rings is 1. The molecular weight excluding hydrogens is 140 g/mol. The van der Waals surface area contributed by atoms with Crippen LogP contribution in [0.25, 0.3) is 0 Å². The van der Waals surface area contributed by atoms with Crippen molar-refractivity contribution < 1.29 is 11.0 Å². The van der Waals surface area contributed by atoms with E-state index in [-0.39, 0.29) is 7.53 Å². The second kappa shape index (κ2) is 2.38. The summed E-state index contributed by atoms with van der Waals surface area (Å²) in [5.41, 5.74) is 1.13. The van der Waals surface area contributed by atoms with Gasteiger partial charge in [-0.3, -0.25) is 4.79 Å². The number of hydrogen-bond donors (Lipinski definition) is 0. The standard InChI is InChI=1S/C9H8O2/c10-6-8-5-7-3-1-2-4-9(7)11-8/h1-4,6,8H,5H2/p+1. The first-order valence-electron chi connectivity index (χ1n) is 3.60. The van der Waals surface area contributed by atoms with Gasteiger partial charge in [0.15, 0.2) is 12.4 Å². The molecule has 0 bridgehead atoms. The van der Waals surface area contributed by atoms with Crippen molar-refractivity contribution in [2.45, 2.75) is 12.5 Å². The highest BCUT2D eigenvalue weighted by Gasteiger charge is 2.20. The Morgan fingerprint density at radius 2 is 2.36 bits per heavy atom. The molecule has 0 amide bonds. The molecule has 1 atom stereocenters. The normalized spacial score (nSPS) is 20.5. The van der Waals surface area contributed by atoms with E-state index < -0.39 is 0 Å². The van der Waals surface area contributed by atoms with Crippen molar-refractivity contribution >= 4 is 6.29 Å². The minimum absolute atomic E-state index is 0. The van der Waals surface area contributed by atoms with Crippen molar-refractivity contribution in [1.82, 2.24) is 0 Å². The molecule has 1 aromatic rings. The average molecular weight is 149 g/mol. The Morgan fingerprint density at radius 3 is 3.09 bits per heavy atom. The van der Waals surface area contributed by atoms with E-state index in [0.29, 0.717) is 0 Å². The molecule has 1 aromatic carbocycles. The summed E-state index contributed by atoms with van der Waals surface area (Å²) in [6, 6.07) is 7.74. The van der Waals surface area contributed by atoms with E-state index >= 15 is 0 Å². The number of rotatable bonds is 1. The number of hydrogen-bond acceptors (Lipinski definition) is 2. The van der Waals surface area contributed by atoms with Gasteiger partial charge >= 0.3 is 1.43 Å². The molecule has 56 valence electrons. The predicted octanol–water partition coefficient (Wildman–Crippen LogP) is 1.30. The summed E-state index contributed by atoms with van der Waals surface area (Å²) in [5, 5.41) is 0. The zero-order valence-corrected chi connectivity index (χ0v) is 5.99. The second-order valence-electron chi connectivity index (χ2n) is 2.60. The average Bonchev–Trinajstić information content (AvgIpc) is 2.46. The minimum atomic E-state index is -0.257. The third-order valence-corrected chi connectivity index (χ3v) is 1.82. The van der Waals surface area contributed by atoms with Gasteiger partial charge in [-0.05, 0) is 11.6 Å². The molecule has 0 radical (unpaired) electrons. The lowest BCUT2D eigenvalue weighted by atomic mass is 10.1. The number of ether oxygens (including phenoxy) is 1. The maximum Gasteiger partial charge on any atom is 1.00 e. The van der Waals surface area contributed by atoms with Gasteiger partial charge < -0.3 is 4.74 Å². The maximum absolute atomic E-state index is 10.4. The first kappa shape index (κ1) is 6.40. The number of carbonyl (C=O) groups is 1. The number of fused-ring (bicyclic) bond motifs is 1. The van der Waals surface area contributed by atoms with E-state index in [1.807, 2.05) is 24.3 Å². The summed E-state index contributed by atoms with van der Waals surface area (Å²) >= 11 is 0. The Kier molecular flexibility index (Phi) is 1.39. The Balaban J connectivity index is 0.000000720. The highest BCUT2D eigenvalue weighted by atomic mass is 16.5. The summed E-state index contributed by atoms with van der Waals surface area (Å²) in [7, 11) is 0. The zero-order valence-electron chi connectivity index (χ0n) is 6.99. The van der Waals surface area contributed by atoms with E-state index in [2.05, 4.69) is 0 Å². The number of aldehydes is 1. The molecule has 0 N–H and O–H groups in total. The first-order chi connectivity index (χ1) is 5.40. The van der Waals surface area contributed by atoms with Crippen LogP contribution in [0.3, 0.4) is 0 Å². The Bertz CT molecular complexity index is 261. The highest BCUT2D eigenvalue weighted by Crippen LogP contribution is 2.26. The van der Waals surface area contributed by atoms with Crippen molar-refractivity contribution in [3.05, 3.63) is 29.8 Å². The lowest BCUT2D eigenvalue weighted by Gasteiger charge is -1.99. The van der Waals surface area contributed by atoms with E-state index in [0.717, 1.165) is 24.0 Å². The first-order valence-corrected chi connectivity index (χ1v) is 3.60. The predicted molar refractivity (Wildman–Crippen MR) is 41.7 cm³/mol. The summed E-state index contributed by atoms with van der Waals surface area (Å²) in [6.45, 7) is 0. The van der Waals surface area contributed by atoms with Gasteiger partial charge in [-0.2, -0.15) is 0 Å². The van der Waals surface area contributed by atoms with Gasteiger partial charge in [0, 0.05) is 6.42 Å². The van der Waals surface area contributed by atoms with Gasteiger partial charge in [0.25, 0.3) is 0 Å². The zero-order chi connectivity index (χ0) is 7.68. The van der Waals surface area contributed by atoms with Crippen molar-refractivity contribution in [2.75, 3.05) is 0 Å². The van der Waals surface area contributed by atoms with E-state index in [1.54, 1.807) is 0 Å². The molecule has 2 nitrogen and oxygen atoms in total. The lowest BCUT2D eigenvalue weighted by Crippen LogP contribution is -2.13. The molecular formula is C9H9O2+. The molecule has 2 heteroatoms. The second-order valence-corrected chi connectivity index (χ2v) is 2.60. The quantitative estimate of drug-likeness (QED) is 0.562. The Morgan fingerprint density at radius 1 is 1.55 bits per heavy atom. The van der Waals surface area contributed by atoms with E-state index in [9.17, 15) is 4.79 Å². The fraction of sp³-hybridized carbons (Fsp3) is 0.222. The summed E-state index contributed by atoms with van der Waals surface area (Å²) in [6.07, 6.45) is 1.31. The third kappa shape index (κ3) is 1.00. The monoisotopic (exact) mass is 149 g/mol. The van der Waals surface area contributed by atoms with Crippen LogP contribution in [-0.2, 0) is 11.2 Å². The largest absolute Gasteiger partial charge is 1.00 e. The van der Waals surface area contributed by atoms with Crippen LogP contribution in [-0.4, -0.2) is 12.4 Å². The number of carbonyl (C=O) groups excluding carboxylic acids is 1. The molecule has 0 aliphatic carbocycles. The SMILES string of the molecule is O=CC1Cc2ccccc2O1.[H+]. The van der Waals surface area contributed by atoms with Crippen molar-refractivity contribution in [3.8, 4) is 5.75 Å². The van der Waals surface area contributed by atoms with Crippen LogP contribution < -0.4 is 4.74 Å². The molecule has 1 unspecified atom stereocenters. The van der Waals surface area contributed by atoms with Crippen LogP contribution in [0.1, 0.15) is 6.99 Å². The molecule has 0 aromatic heterocycles. The maximum atomic E-state index is 10.4. The third-order valence-electron chi connectivity index (χ3n) is 1.82. The lowest BCUT2D eigenvalue weighted by molar-refractivity contribution is -0.113. The topological polar surface area (TPSA) is 26.3 Å². The summed E-state index contributed by atoms with van der Waals surface area (Å²) < 4.78 is 5.29. The molecule has 0 spiro atoms. The Hall–Kier alpha value is -1.31. The van der Waals surface area contributed by atoms with Crippen molar-refractivity contribution in [2.24, 2.45) is 0 Å². The van der Waals surface area contributed by atoms with Crippen LogP contribution in [0, 0.1) is 0 Å². The van der Waals surface area contributed by atoms with Crippen molar-refractivity contribution in [1.29, 1.82) is 0 Å². The Labute approximate surface area is 66.3 Å². The van der Waals surface area contributed by atoms with Crippen LogP contribution in [0.4, 0.5) is 0 Å². The molecule has 2 rings (SSSR count). The van der Waals surface area contributed by atoms with E-state index in [4.69, 9.17) is 4.74 Å². The fourth-order valence-corrected chi connectivity index (χ4v) is 1.28. The molecule has 0 saturated carbocycles. The molecule has 0 saturated heterocycles. The van der Waals surface area contributed by atoms with Gasteiger partial charge in [-0.1, -0.05) is 18.2 Å².